The Kier molecular flexibility index (Phi) is 6.66. The fraction of sp³-hybridized carbons (Fsp3) is 0.381. The molecule has 1 N–H and O–H groups in total. The van der Waals surface area contributed by atoms with Crippen LogP contribution in [0, 0.1) is 11.3 Å². The third kappa shape index (κ3) is 4.52. The molecule has 6 nitrogen and oxygen atoms in total. The number of carbonyl (C=O) groups excluding carboxylic acids is 2. The Labute approximate surface area is 168 Å². The summed E-state index contributed by atoms with van der Waals surface area (Å²) in [6.07, 6.45) is 3.25. The second-order valence-electron chi connectivity index (χ2n) is 6.63. The summed E-state index contributed by atoms with van der Waals surface area (Å²) in [6, 6.07) is 11.1. The Morgan fingerprint density at radius 1 is 1.29 bits per heavy atom. The van der Waals surface area contributed by atoms with Crippen molar-refractivity contribution < 1.29 is 14.3 Å². The first-order valence-corrected chi connectivity index (χ1v) is 10.3. The van der Waals surface area contributed by atoms with Crippen LogP contribution in [0.1, 0.15) is 52.5 Å². The number of nitrogens with zero attached hydrogens (tertiary/aromatic N) is 2. The maximum Gasteiger partial charge on any atom is 0.410 e. The molecule has 0 spiro atoms. The number of carbonyl (C=O) groups is 2. The predicted molar refractivity (Wildman–Crippen MR) is 108 cm³/mol. The van der Waals surface area contributed by atoms with Crippen LogP contribution in [0.15, 0.2) is 30.3 Å². The molecule has 3 rings (SSSR count). The molecule has 0 aliphatic carbocycles. The Bertz CT molecular complexity index is 886. The van der Waals surface area contributed by atoms with Crippen LogP contribution >= 0.6 is 11.3 Å². The lowest BCUT2D eigenvalue weighted by Crippen LogP contribution is -2.36. The van der Waals surface area contributed by atoms with Crippen LogP contribution in [-0.2, 0) is 17.7 Å². The minimum absolute atomic E-state index is 0.247. The standard InChI is InChI=1S/C21H23N3O3S/c1-2-3-7-12-27-21(26)24-11-10-16-17(13-22)20(28-18(16)14-24)23-19(25)15-8-5-4-6-9-15/h4-6,8-9H,2-3,7,10-12,14H2,1H3,(H,23,25). The van der Waals surface area contributed by atoms with E-state index >= 15 is 0 Å². The van der Waals surface area contributed by atoms with Gasteiger partial charge < -0.3 is 15.0 Å². The fourth-order valence-corrected chi connectivity index (χ4v) is 4.34. The third-order valence-corrected chi connectivity index (χ3v) is 5.80. The van der Waals surface area contributed by atoms with Crippen LogP contribution in [-0.4, -0.2) is 30.1 Å². The SMILES string of the molecule is CCCCCOC(=O)N1CCc2c(sc(NC(=O)c3ccccc3)c2C#N)C1. The number of nitriles is 1. The van der Waals surface area contributed by atoms with E-state index in [0.717, 1.165) is 29.7 Å². The summed E-state index contributed by atoms with van der Waals surface area (Å²) in [5.41, 5.74) is 1.96. The van der Waals surface area contributed by atoms with Crippen molar-refractivity contribution in [1.82, 2.24) is 4.90 Å². The molecule has 1 aliphatic rings. The molecule has 0 saturated heterocycles. The summed E-state index contributed by atoms with van der Waals surface area (Å²) in [5, 5.41) is 13.0. The number of hydrogen-bond donors (Lipinski definition) is 1. The van der Waals surface area contributed by atoms with Gasteiger partial charge in [-0.15, -0.1) is 11.3 Å². The van der Waals surface area contributed by atoms with Crippen LogP contribution in [0.3, 0.4) is 0 Å². The number of thiophene rings is 1. The topological polar surface area (TPSA) is 82.4 Å². The van der Waals surface area contributed by atoms with E-state index in [-0.39, 0.29) is 12.0 Å². The molecule has 0 unspecified atom stereocenters. The molecule has 0 radical (unpaired) electrons. The van der Waals surface area contributed by atoms with E-state index in [1.165, 1.54) is 11.3 Å². The monoisotopic (exact) mass is 397 g/mol. The van der Waals surface area contributed by atoms with Crippen LogP contribution in [0.5, 0.6) is 0 Å². The van der Waals surface area contributed by atoms with Gasteiger partial charge in [0.05, 0.1) is 18.7 Å². The Morgan fingerprint density at radius 3 is 2.79 bits per heavy atom. The average Bonchev–Trinajstić information content (AvgIpc) is 3.07. The molecular weight excluding hydrogens is 374 g/mol. The summed E-state index contributed by atoms with van der Waals surface area (Å²) in [6.45, 7) is 3.45. The van der Waals surface area contributed by atoms with Gasteiger partial charge in [-0.05, 0) is 30.5 Å². The summed E-state index contributed by atoms with van der Waals surface area (Å²) < 4.78 is 5.34. The van der Waals surface area contributed by atoms with Crippen LogP contribution in [0.4, 0.5) is 9.80 Å². The lowest BCUT2D eigenvalue weighted by Gasteiger charge is -2.26. The fourth-order valence-electron chi connectivity index (χ4n) is 3.13. The van der Waals surface area contributed by atoms with Crippen molar-refractivity contribution in [2.24, 2.45) is 0 Å². The highest BCUT2D eigenvalue weighted by molar-refractivity contribution is 7.16. The number of unbranched alkanes of at least 4 members (excludes halogenated alkanes) is 2. The number of fused-ring (bicyclic) bond motifs is 1. The zero-order valence-electron chi connectivity index (χ0n) is 15.9. The Morgan fingerprint density at radius 2 is 2.07 bits per heavy atom. The van der Waals surface area contributed by atoms with E-state index in [0.29, 0.717) is 42.2 Å². The van der Waals surface area contributed by atoms with E-state index in [2.05, 4.69) is 18.3 Å². The molecule has 28 heavy (non-hydrogen) atoms. The van der Waals surface area contributed by atoms with Crippen molar-refractivity contribution >= 4 is 28.3 Å². The molecule has 0 saturated carbocycles. The lowest BCUT2D eigenvalue weighted by molar-refractivity contribution is 0.0966. The van der Waals surface area contributed by atoms with Gasteiger partial charge in [-0.1, -0.05) is 38.0 Å². The highest BCUT2D eigenvalue weighted by Crippen LogP contribution is 2.37. The first-order valence-electron chi connectivity index (χ1n) is 9.46. The minimum atomic E-state index is -0.316. The zero-order chi connectivity index (χ0) is 19.9. The van der Waals surface area contributed by atoms with Gasteiger partial charge in [0, 0.05) is 17.0 Å². The number of amides is 2. The van der Waals surface area contributed by atoms with E-state index in [1.807, 2.05) is 6.07 Å². The maximum absolute atomic E-state index is 12.4. The third-order valence-electron chi connectivity index (χ3n) is 4.66. The smallest absolute Gasteiger partial charge is 0.410 e. The largest absolute Gasteiger partial charge is 0.449 e. The Balaban J connectivity index is 1.69. The molecule has 146 valence electrons. The molecule has 2 aromatic rings. The highest BCUT2D eigenvalue weighted by Gasteiger charge is 2.28. The lowest BCUT2D eigenvalue weighted by atomic mass is 10.0. The van der Waals surface area contributed by atoms with Crippen LogP contribution in [0.2, 0.25) is 0 Å². The molecule has 0 bridgehead atoms. The maximum atomic E-state index is 12.4. The quantitative estimate of drug-likeness (QED) is 0.725. The number of ether oxygens (including phenoxy) is 1. The van der Waals surface area contributed by atoms with Gasteiger partial charge in [0.1, 0.15) is 11.1 Å². The van der Waals surface area contributed by atoms with Gasteiger partial charge >= 0.3 is 6.09 Å². The molecule has 1 aromatic carbocycles. The van der Waals surface area contributed by atoms with Gasteiger partial charge in [0.25, 0.3) is 5.91 Å². The number of benzene rings is 1. The van der Waals surface area contributed by atoms with Crippen LogP contribution in [0.25, 0.3) is 0 Å². The molecule has 1 aromatic heterocycles. The molecule has 0 atom stereocenters. The number of rotatable bonds is 6. The number of hydrogen-bond acceptors (Lipinski definition) is 5. The average molecular weight is 398 g/mol. The molecule has 2 heterocycles. The van der Waals surface area contributed by atoms with Gasteiger partial charge in [-0.2, -0.15) is 5.26 Å². The first-order chi connectivity index (χ1) is 13.6. The first kappa shape index (κ1) is 19.9. The number of nitrogens with one attached hydrogen (secondary N) is 1. The van der Waals surface area contributed by atoms with Crippen LogP contribution < -0.4 is 5.32 Å². The second kappa shape index (κ2) is 9.38. The summed E-state index contributed by atoms with van der Waals surface area (Å²) >= 11 is 1.36. The summed E-state index contributed by atoms with van der Waals surface area (Å²) in [5.74, 6) is -0.247. The van der Waals surface area contributed by atoms with Gasteiger partial charge in [0.15, 0.2) is 0 Å². The highest BCUT2D eigenvalue weighted by atomic mass is 32.1. The number of anilines is 1. The van der Waals surface area contributed by atoms with Crippen molar-refractivity contribution in [3.05, 3.63) is 51.9 Å². The molecular formula is C21H23N3O3S. The van der Waals surface area contributed by atoms with Crippen molar-refractivity contribution in [2.45, 2.75) is 39.2 Å². The normalized spacial score (nSPS) is 12.8. The van der Waals surface area contributed by atoms with E-state index in [9.17, 15) is 14.9 Å². The van der Waals surface area contributed by atoms with Crippen molar-refractivity contribution in [2.75, 3.05) is 18.5 Å². The molecule has 7 heteroatoms. The minimum Gasteiger partial charge on any atom is -0.449 e. The Hall–Kier alpha value is -2.85. The van der Waals surface area contributed by atoms with Gasteiger partial charge in [-0.25, -0.2) is 4.79 Å². The van der Waals surface area contributed by atoms with Crippen molar-refractivity contribution in [3.63, 3.8) is 0 Å². The van der Waals surface area contributed by atoms with E-state index in [1.54, 1.807) is 29.2 Å². The molecule has 1 aliphatic heterocycles. The molecule has 0 fully saturated rings. The molecule has 2 amide bonds. The summed E-state index contributed by atoms with van der Waals surface area (Å²) in [7, 11) is 0. The van der Waals surface area contributed by atoms with Gasteiger partial charge in [-0.3, -0.25) is 4.79 Å². The van der Waals surface area contributed by atoms with E-state index in [4.69, 9.17) is 4.74 Å². The van der Waals surface area contributed by atoms with Crippen molar-refractivity contribution in [1.29, 1.82) is 5.26 Å². The second-order valence-corrected chi connectivity index (χ2v) is 7.74. The zero-order valence-corrected chi connectivity index (χ0v) is 16.7. The van der Waals surface area contributed by atoms with Gasteiger partial charge in [0.2, 0.25) is 0 Å². The van der Waals surface area contributed by atoms with Crippen molar-refractivity contribution in [3.8, 4) is 6.07 Å². The summed E-state index contributed by atoms with van der Waals surface area (Å²) in [4.78, 5) is 27.3. The predicted octanol–water partition coefficient (Wildman–Crippen LogP) is 4.56. The van der Waals surface area contributed by atoms with E-state index < -0.39 is 0 Å².